The summed E-state index contributed by atoms with van der Waals surface area (Å²) < 4.78 is 20.9. The van der Waals surface area contributed by atoms with Crippen molar-refractivity contribution in [2.24, 2.45) is 0 Å². The lowest BCUT2D eigenvalue weighted by molar-refractivity contribution is -0.139. The van der Waals surface area contributed by atoms with Crippen molar-refractivity contribution in [3.8, 4) is 11.5 Å². The number of amides is 1. The van der Waals surface area contributed by atoms with Gasteiger partial charge in [-0.1, -0.05) is 30.8 Å². The van der Waals surface area contributed by atoms with Crippen LogP contribution in [0.2, 0.25) is 0 Å². The maximum atomic E-state index is 12.0. The van der Waals surface area contributed by atoms with Crippen LogP contribution < -0.4 is 14.8 Å². The van der Waals surface area contributed by atoms with Gasteiger partial charge in [-0.15, -0.1) is 0 Å². The van der Waals surface area contributed by atoms with Gasteiger partial charge >= 0.3 is 12.1 Å². The van der Waals surface area contributed by atoms with Crippen molar-refractivity contribution in [3.63, 3.8) is 0 Å². The number of aliphatic hydroxyl groups excluding tert-OH is 1. The Kier molecular flexibility index (Phi) is 8.77. The van der Waals surface area contributed by atoms with Crippen LogP contribution in [0.15, 0.2) is 49.1 Å². The highest BCUT2D eigenvalue weighted by Crippen LogP contribution is 2.33. The molecule has 0 aliphatic heterocycles. The molecule has 0 saturated carbocycles. The Hall–Kier alpha value is -3.10. The number of esters is 1. The molecule has 150 valence electrons. The van der Waals surface area contributed by atoms with E-state index in [0.717, 1.165) is 11.5 Å². The van der Waals surface area contributed by atoms with Gasteiger partial charge in [-0.25, -0.2) is 9.59 Å². The lowest BCUT2D eigenvalue weighted by Crippen LogP contribution is -2.30. The van der Waals surface area contributed by atoms with E-state index in [4.69, 9.17) is 24.1 Å². The smallest absolute Gasteiger partial charge is 0.412 e. The Labute approximate surface area is 162 Å². The first-order valence-corrected chi connectivity index (χ1v) is 8.73. The van der Waals surface area contributed by atoms with Crippen molar-refractivity contribution in [1.82, 2.24) is 5.32 Å². The number of carbonyl (C=O) groups excluding carboxylic acids is 2. The van der Waals surface area contributed by atoms with Gasteiger partial charge in [0, 0.05) is 23.4 Å². The molecule has 0 radical (unpaired) electrons. The van der Waals surface area contributed by atoms with Crippen molar-refractivity contribution >= 4 is 22.8 Å². The number of ether oxygens (including phenoxy) is 4. The van der Waals surface area contributed by atoms with Crippen LogP contribution in [0.25, 0.3) is 10.8 Å². The third-order valence-electron chi connectivity index (χ3n) is 3.55. The van der Waals surface area contributed by atoms with E-state index in [2.05, 4.69) is 11.9 Å². The molecule has 0 saturated heterocycles. The normalized spacial score (nSPS) is 10.3. The van der Waals surface area contributed by atoms with Gasteiger partial charge in [0.15, 0.2) is 0 Å². The minimum atomic E-state index is -0.615. The third-order valence-corrected chi connectivity index (χ3v) is 3.55. The minimum Gasteiger partial charge on any atom is -0.491 e. The molecule has 8 heteroatoms. The van der Waals surface area contributed by atoms with Gasteiger partial charge in [-0.3, -0.25) is 0 Å². The van der Waals surface area contributed by atoms with Gasteiger partial charge in [0.25, 0.3) is 0 Å². The summed E-state index contributed by atoms with van der Waals surface area (Å²) in [6, 6.07) is 10.7. The summed E-state index contributed by atoms with van der Waals surface area (Å²) in [5.74, 6) is 0.481. The van der Waals surface area contributed by atoms with Gasteiger partial charge in [0.1, 0.15) is 24.7 Å². The van der Waals surface area contributed by atoms with Gasteiger partial charge in [-0.05, 0) is 12.1 Å². The summed E-state index contributed by atoms with van der Waals surface area (Å²) in [5, 5.41) is 13.0. The molecule has 0 fully saturated rings. The van der Waals surface area contributed by atoms with Crippen LogP contribution in [-0.4, -0.2) is 56.7 Å². The maximum Gasteiger partial charge on any atom is 0.412 e. The number of aliphatic hydroxyl groups is 1. The summed E-state index contributed by atoms with van der Waals surface area (Å²) in [6.07, 6.45) is 0.461. The summed E-state index contributed by atoms with van der Waals surface area (Å²) in [5.41, 5.74) is 0. The Morgan fingerprint density at radius 2 is 1.71 bits per heavy atom. The second-order valence-corrected chi connectivity index (χ2v) is 5.48. The first kappa shape index (κ1) is 21.2. The van der Waals surface area contributed by atoms with E-state index in [1.54, 1.807) is 12.1 Å². The zero-order valence-electron chi connectivity index (χ0n) is 15.4. The SMILES string of the molecule is C=CC(=O)OCCOCCNC(=O)Oc1ccc(OCCO)c2ccccc12. The van der Waals surface area contributed by atoms with Crippen LogP contribution in [0.3, 0.4) is 0 Å². The van der Waals surface area contributed by atoms with E-state index >= 15 is 0 Å². The van der Waals surface area contributed by atoms with E-state index in [0.29, 0.717) is 16.9 Å². The van der Waals surface area contributed by atoms with Crippen LogP contribution in [0, 0.1) is 0 Å². The first-order chi connectivity index (χ1) is 13.7. The van der Waals surface area contributed by atoms with Crippen LogP contribution in [-0.2, 0) is 14.3 Å². The number of nitrogens with one attached hydrogen (secondary N) is 1. The quantitative estimate of drug-likeness (QED) is 0.344. The van der Waals surface area contributed by atoms with E-state index in [1.807, 2.05) is 24.3 Å². The average Bonchev–Trinajstić information content (AvgIpc) is 2.72. The monoisotopic (exact) mass is 389 g/mol. The van der Waals surface area contributed by atoms with Crippen LogP contribution in [0.4, 0.5) is 4.79 Å². The van der Waals surface area contributed by atoms with Crippen LogP contribution in [0.5, 0.6) is 11.5 Å². The molecule has 2 aromatic carbocycles. The molecule has 2 N–H and O–H groups in total. The molecular formula is C20H23NO7. The number of carbonyl (C=O) groups is 2. The van der Waals surface area contributed by atoms with Crippen molar-refractivity contribution < 1.29 is 33.6 Å². The molecular weight excluding hydrogens is 366 g/mol. The molecule has 0 aliphatic rings. The number of benzene rings is 2. The number of fused-ring (bicyclic) bond motifs is 1. The maximum absolute atomic E-state index is 12.0. The molecule has 2 aromatic rings. The number of hydrogen-bond acceptors (Lipinski definition) is 7. The molecule has 28 heavy (non-hydrogen) atoms. The summed E-state index contributed by atoms with van der Waals surface area (Å²) in [7, 11) is 0. The van der Waals surface area contributed by atoms with E-state index in [-0.39, 0.29) is 39.6 Å². The molecule has 0 aliphatic carbocycles. The summed E-state index contributed by atoms with van der Waals surface area (Å²) >= 11 is 0. The predicted molar refractivity (Wildman–Crippen MR) is 103 cm³/mol. The van der Waals surface area contributed by atoms with Gasteiger partial charge < -0.3 is 29.4 Å². The van der Waals surface area contributed by atoms with Crippen LogP contribution in [0.1, 0.15) is 0 Å². The van der Waals surface area contributed by atoms with Crippen molar-refractivity contribution in [2.45, 2.75) is 0 Å². The molecule has 0 spiro atoms. The Morgan fingerprint density at radius 3 is 2.43 bits per heavy atom. The van der Waals surface area contributed by atoms with E-state index < -0.39 is 12.1 Å². The highest BCUT2D eigenvalue weighted by atomic mass is 16.6. The standard InChI is InChI=1S/C20H23NO7/c1-2-19(23)27-14-13-25-11-9-21-20(24)28-18-8-7-17(26-12-10-22)15-5-3-4-6-16(15)18/h2-8,22H,1,9-14H2,(H,21,24). The lowest BCUT2D eigenvalue weighted by atomic mass is 10.1. The topological polar surface area (TPSA) is 103 Å². The number of rotatable bonds is 11. The van der Waals surface area contributed by atoms with E-state index in [1.165, 1.54) is 0 Å². The third kappa shape index (κ3) is 6.57. The zero-order chi connectivity index (χ0) is 20.2. The molecule has 0 atom stereocenters. The molecule has 0 heterocycles. The Bertz CT molecular complexity index is 806. The minimum absolute atomic E-state index is 0.0895. The first-order valence-electron chi connectivity index (χ1n) is 8.73. The van der Waals surface area contributed by atoms with Gasteiger partial charge in [-0.2, -0.15) is 0 Å². The summed E-state index contributed by atoms with van der Waals surface area (Å²) in [4.78, 5) is 22.8. The predicted octanol–water partition coefficient (Wildman–Crippen LogP) is 2.05. The Balaban J connectivity index is 1.81. The fourth-order valence-electron chi connectivity index (χ4n) is 2.34. The highest BCUT2D eigenvalue weighted by molar-refractivity contribution is 5.94. The molecule has 0 unspecified atom stereocenters. The second-order valence-electron chi connectivity index (χ2n) is 5.48. The highest BCUT2D eigenvalue weighted by Gasteiger charge is 2.11. The van der Waals surface area contributed by atoms with Crippen molar-refractivity contribution in [1.29, 1.82) is 0 Å². The lowest BCUT2D eigenvalue weighted by Gasteiger charge is -2.12. The van der Waals surface area contributed by atoms with Crippen molar-refractivity contribution in [2.75, 3.05) is 39.6 Å². The van der Waals surface area contributed by atoms with Crippen molar-refractivity contribution in [3.05, 3.63) is 49.1 Å². The average molecular weight is 389 g/mol. The van der Waals surface area contributed by atoms with E-state index in [9.17, 15) is 9.59 Å². The van der Waals surface area contributed by atoms with Gasteiger partial charge in [0.2, 0.25) is 0 Å². The summed E-state index contributed by atoms with van der Waals surface area (Å²) in [6.45, 7) is 4.20. The fourth-order valence-corrected chi connectivity index (χ4v) is 2.34. The Morgan fingerprint density at radius 1 is 1.00 bits per heavy atom. The fraction of sp³-hybridized carbons (Fsp3) is 0.300. The second kappa shape index (κ2) is 11.6. The molecule has 0 bridgehead atoms. The number of hydrogen-bond donors (Lipinski definition) is 2. The van der Waals surface area contributed by atoms with Gasteiger partial charge in [0.05, 0.1) is 19.8 Å². The molecule has 0 aromatic heterocycles. The zero-order valence-corrected chi connectivity index (χ0v) is 15.4. The molecule has 1 amide bonds. The van der Waals surface area contributed by atoms with Crippen LogP contribution >= 0.6 is 0 Å². The molecule has 8 nitrogen and oxygen atoms in total. The largest absolute Gasteiger partial charge is 0.491 e. The molecule has 2 rings (SSSR count).